The molecule has 1 heterocycles. The molecule has 0 saturated heterocycles. The van der Waals surface area contributed by atoms with Crippen molar-refractivity contribution in [2.24, 2.45) is 10.9 Å². The topological polar surface area (TPSA) is 87.6 Å². The molecule has 0 amide bonds. The average molecular weight is 275 g/mol. The number of oxime groups is 1. The molecule has 2 rings (SSSR count). The molecule has 0 aliphatic carbocycles. The molecule has 0 bridgehead atoms. The molecule has 7 heteroatoms. The fraction of sp³-hybridized carbons (Fsp3) is 0.154. The number of aromatic nitrogens is 2. The van der Waals surface area contributed by atoms with Crippen molar-refractivity contribution in [2.75, 3.05) is 11.9 Å². The lowest BCUT2D eigenvalue weighted by Gasteiger charge is -2.18. The third-order valence-electron chi connectivity index (χ3n) is 2.73. The van der Waals surface area contributed by atoms with E-state index in [2.05, 4.69) is 15.1 Å². The van der Waals surface area contributed by atoms with Gasteiger partial charge < -0.3 is 15.8 Å². The first-order chi connectivity index (χ1) is 9.51. The maximum Gasteiger partial charge on any atom is 0.230 e. The number of anilines is 2. The Balaban J connectivity index is 2.41. The molecule has 6 nitrogen and oxygen atoms in total. The molecule has 3 N–H and O–H groups in total. The summed E-state index contributed by atoms with van der Waals surface area (Å²) >= 11 is 0. The molecule has 0 fully saturated rings. The Kier molecular flexibility index (Phi) is 3.79. The van der Waals surface area contributed by atoms with Crippen molar-refractivity contribution >= 4 is 17.5 Å². The first-order valence-electron chi connectivity index (χ1n) is 5.84. The minimum Gasteiger partial charge on any atom is -0.409 e. The first-order valence-corrected chi connectivity index (χ1v) is 5.84. The maximum absolute atomic E-state index is 12.9. The highest BCUT2D eigenvalue weighted by Gasteiger charge is 2.11. The highest BCUT2D eigenvalue weighted by Crippen LogP contribution is 2.20. The van der Waals surface area contributed by atoms with Gasteiger partial charge in [0.25, 0.3) is 0 Å². The van der Waals surface area contributed by atoms with Crippen LogP contribution in [-0.2, 0) is 0 Å². The van der Waals surface area contributed by atoms with Gasteiger partial charge in [-0.3, -0.25) is 0 Å². The second-order valence-corrected chi connectivity index (χ2v) is 4.22. The van der Waals surface area contributed by atoms with Gasteiger partial charge in [-0.1, -0.05) is 5.16 Å². The summed E-state index contributed by atoms with van der Waals surface area (Å²) in [5.41, 5.74) is 7.25. The molecule has 0 atom stereocenters. The fourth-order valence-electron chi connectivity index (χ4n) is 1.67. The Hall–Kier alpha value is -2.70. The van der Waals surface area contributed by atoms with E-state index >= 15 is 0 Å². The number of hydrogen-bond acceptors (Lipinski definition) is 5. The summed E-state index contributed by atoms with van der Waals surface area (Å²) in [7, 11) is 1.75. The van der Waals surface area contributed by atoms with E-state index in [1.54, 1.807) is 37.1 Å². The third kappa shape index (κ3) is 2.82. The number of nitrogens with two attached hydrogens (primary N) is 1. The summed E-state index contributed by atoms with van der Waals surface area (Å²) in [6.45, 7) is 1.78. The Morgan fingerprint density at radius 2 is 1.95 bits per heavy atom. The summed E-state index contributed by atoms with van der Waals surface area (Å²) in [4.78, 5) is 10.2. The number of aryl methyl sites for hydroxylation is 1. The van der Waals surface area contributed by atoms with Gasteiger partial charge in [-0.2, -0.15) is 0 Å². The van der Waals surface area contributed by atoms with Crippen LogP contribution in [0.5, 0.6) is 0 Å². The van der Waals surface area contributed by atoms with Gasteiger partial charge in [0, 0.05) is 18.4 Å². The molecule has 0 aliphatic rings. The van der Waals surface area contributed by atoms with Gasteiger partial charge in [0.15, 0.2) is 5.84 Å². The minimum absolute atomic E-state index is 0.0933. The van der Waals surface area contributed by atoms with Crippen LogP contribution in [0, 0.1) is 12.7 Å². The molecule has 0 saturated carbocycles. The Morgan fingerprint density at radius 3 is 2.55 bits per heavy atom. The number of amidine groups is 1. The average Bonchev–Trinajstić information content (AvgIpc) is 2.45. The predicted octanol–water partition coefficient (Wildman–Crippen LogP) is 1.79. The Labute approximate surface area is 115 Å². The van der Waals surface area contributed by atoms with Gasteiger partial charge in [-0.25, -0.2) is 14.4 Å². The molecule has 20 heavy (non-hydrogen) atoms. The molecule has 1 aromatic heterocycles. The monoisotopic (exact) mass is 275 g/mol. The highest BCUT2D eigenvalue weighted by atomic mass is 19.1. The van der Waals surface area contributed by atoms with E-state index in [0.29, 0.717) is 17.3 Å². The summed E-state index contributed by atoms with van der Waals surface area (Å²) in [5.74, 6) is -0.0351. The third-order valence-corrected chi connectivity index (χ3v) is 2.73. The van der Waals surface area contributed by atoms with Crippen molar-refractivity contribution in [1.29, 1.82) is 0 Å². The smallest absolute Gasteiger partial charge is 0.230 e. The van der Waals surface area contributed by atoms with Crippen molar-refractivity contribution in [1.82, 2.24) is 9.97 Å². The van der Waals surface area contributed by atoms with Crippen LogP contribution in [0.25, 0.3) is 0 Å². The van der Waals surface area contributed by atoms with E-state index in [9.17, 15) is 4.39 Å². The van der Waals surface area contributed by atoms with Crippen LogP contribution < -0.4 is 10.6 Å². The normalized spacial score (nSPS) is 11.4. The minimum atomic E-state index is -0.315. The molecule has 2 aromatic rings. The Morgan fingerprint density at radius 1 is 1.30 bits per heavy atom. The highest BCUT2D eigenvalue weighted by molar-refractivity contribution is 5.95. The van der Waals surface area contributed by atoms with Gasteiger partial charge >= 0.3 is 0 Å². The van der Waals surface area contributed by atoms with Gasteiger partial charge in [-0.05, 0) is 37.3 Å². The standard InChI is InChI=1S/C13H14FN5O/c1-8-7-11(12(15)18-20)17-13(16-8)19(2)10-5-3-9(14)4-6-10/h3-7,20H,1-2H3,(H2,15,18). The van der Waals surface area contributed by atoms with Crippen molar-refractivity contribution < 1.29 is 9.60 Å². The molecule has 104 valence electrons. The van der Waals surface area contributed by atoms with E-state index in [-0.39, 0.29) is 11.7 Å². The van der Waals surface area contributed by atoms with Crippen LogP contribution in [0.4, 0.5) is 16.0 Å². The van der Waals surface area contributed by atoms with Gasteiger partial charge in [-0.15, -0.1) is 0 Å². The Bertz CT molecular complexity index is 642. The largest absolute Gasteiger partial charge is 0.409 e. The quantitative estimate of drug-likeness (QED) is 0.386. The number of benzene rings is 1. The number of hydrogen-bond donors (Lipinski definition) is 2. The van der Waals surface area contributed by atoms with Crippen molar-refractivity contribution in [3.63, 3.8) is 0 Å². The van der Waals surface area contributed by atoms with E-state index in [4.69, 9.17) is 10.9 Å². The van der Waals surface area contributed by atoms with E-state index in [0.717, 1.165) is 5.69 Å². The second kappa shape index (κ2) is 5.52. The van der Waals surface area contributed by atoms with Crippen LogP contribution >= 0.6 is 0 Å². The zero-order chi connectivity index (χ0) is 14.7. The van der Waals surface area contributed by atoms with Crippen molar-refractivity contribution in [3.8, 4) is 0 Å². The SMILES string of the molecule is Cc1cc(/C(N)=N/O)nc(N(C)c2ccc(F)cc2)n1. The summed E-state index contributed by atoms with van der Waals surface area (Å²) in [6.07, 6.45) is 0. The fourth-order valence-corrected chi connectivity index (χ4v) is 1.67. The summed E-state index contributed by atoms with van der Waals surface area (Å²) in [5, 5.41) is 11.6. The van der Waals surface area contributed by atoms with Crippen LogP contribution in [0.2, 0.25) is 0 Å². The van der Waals surface area contributed by atoms with Crippen LogP contribution in [-0.4, -0.2) is 28.1 Å². The lowest BCUT2D eigenvalue weighted by molar-refractivity contribution is 0.318. The van der Waals surface area contributed by atoms with Crippen LogP contribution in [0.1, 0.15) is 11.4 Å². The lowest BCUT2D eigenvalue weighted by Crippen LogP contribution is -2.20. The molecule has 1 aromatic carbocycles. The van der Waals surface area contributed by atoms with E-state index in [1.165, 1.54) is 12.1 Å². The molecule has 0 aliphatic heterocycles. The van der Waals surface area contributed by atoms with Crippen molar-refractivity contribution in [3.05, 3.63) is 47.5 Å². The maximum atomic E-state index is 12.9. The number of nitrogens with zero attached hydrogens (tertiary/aromatic N) is 4. The van der Waals surface area contributed by atoms with Crippen LogP contribution in [0.15, 0.2) is 35.5 Å². The van der Waals surface area contributed by atoms with Gasteiger partial charge in [0.05, 0.1) is 0 Å². The number of rotatable bonds is 3. The first kappa shape index (κ1) is 13.7. The zero-order valence-electron chi connectivity index (χ0n) is 11.1. The molecule has 0 radical (unpaired) electrons. The van der Waals surface area contributed by atoms with Crippen molar-refractivity contribution in [2.45, 2.75) is 6.92 Å². The van der Waals surface area contributed by atoms with E-state index < -0.39 is 0 Å². The second-order valence-electron chi connectivity index (χ2n) is 4.22. The number of halogens is 1. The van der Waals surface area contributed by atoms with E-state index in [1.807, 2.05) is 0 Å². The predicted molar refractivity (Wildman–Crippen MR) is 73.7 cm³/mol. The lowest BCUT2D eigenvalue weighted by atomic mass is 10.3. The summed E-state index contributed by atoms with van der Waals surface area (Å²) in [6, 6.07) is 7.55. The van der Waals surface area contributed by atoms with Crippen LogP contribution in [0.3, 0.4) is 0 Å². The van der Waals surface area contributed by atoms with Gasteiger partial charge in [0.2, 0.25) is 5.95 Å². The molecular weight excluding hydrogens is 261 g/mol. The molecule has 0 unspecified atom stereocenters. The summed E-state index contributed by atoms with van der Waals surface area (Å²) < 4.78 is 12.9. The molecule has 0 spiro atoms. The zero-order valence-corrected chi connectivity index (χ0v) is 11.1. The van der Waals surface area contributed by atoms with Gasteiger partial charge in [0.1, 0.15) is 11.5 Å². The molecular formula is C13H14FN5O.